The van der Waals surface area contributed by atoms with Crippen molar-refractivity contribution in [3.05, 3.63) is 17.5 Å². The van der Waals surface area contributed by atoms with E-state index in [-0.39, 0.29) is 17.9 Å². The number of hydrogen-bond acceptors (Lipinski definition) is 4. The maximum atomic E-state index is 12.4. The highest BCUT2D eigenvalue weighted by Crippen LogP contribution is 2.30. The largest absolute Gasteiger partial charge is 0.361 e. The van der Waals surface area contributed by atoms with Gasteiger partial charge in [-0.3, -0.25) is 9.59 Å². The third kappa shape index (κ3) is 2.66. The average Bonchev–Trinajstić information content (AvgIpc) is 2.86. The Bertz CT molecular complexity index is 554. The molecular formula is C15H21N3O3. The summed E-state index contributed by atoms with van der Waals surface area (Å²) in [6.07, 6.45) is 3.38. The Morgan fingerprint density at radius 3 is 2.95 bits per heavy atom. The van der Waals surface area contributed by atoms with Gasteiger partial charge in [-0.1, -0.05) is 5.16 Å². The first kappa shape index (κ1) is 14.1. The zero-order valence-corrected chi connectivity index (χ0v) is 12.5. The fourth-order valence-electron chi connectivity index (χ4n) is 3.50. The standard InChI is InChI=1S/C15H21N3O3/c1-10-8-12(16-21-10)15(20)18-7-6-13-11(9-18)4-3-5-14(19)17(13)2/h8,11,13H,3-7,9H2,1-2H3/t11-,13+/m0/s1. The molecule has 2 aliphatic rings. The van der Waals surface area contributed by atoms with Gasteiger partial charge in [0, 0.05) is 38.7 Å². The highest BCUT2D eigenvalue weighted by molar-refractivity contribution is 5.92. The van der Waals surface area contributed by atoms with Crippen molar-refractivity contribution in [3.63, 3.8) is 0 Å². The summed E-state index contributed by atoms with van der Waals surface area (Å²) in [6.45, 7) is 3.15. The van der Waals surface area contributed by atoms with Gasteiger partial charge in [-0.2, -0.15) is 0 Å². The third-order valence-corrected chi connectivity index (χ3v) is 4.68. The molecule has 0 bridgehead atoms. The Morgan fingerprint density at radius 2 is 2.24 bits per heavy atom. The molecule has 2 amide bonds. The second-order valence-electron chi connectivity index (χ2n) is 6.09. The number of carbonyl (C=O) groups is 2. The Morgan fingerprint density at radius 1 is 1.43 bits per heavy atom. The summed E-state index contributed by atoms with van der Waals surface area (Å²) in [6, 6.07) is 1.94. The molecule has 0 radical (unpaired) electrons. The number of fused-ring (bicyclic) bond motifs is 1. The fraction of sp³-hybridized carbons (Fsp3) is 0.667. The summed E-state index contributed by atoms with van der Waals surface area (Å²) in [7, 11) is 1.89. The zero-order chi connectivity index (χ0) is 15.0. The first-order chi connectivity index (χ1) is 10.1. The summed E-state index contributed by atoms with van der Waals surface area (Å²) in [4.78, 5) is 28.1. The van der Waals surface area contributed by atoms with Crippen LogP contribution in [0, 0.1) is 12.8 Å². The number of amides is 2. The van der Waals surface area contributed by atoms with Gasteiger partial charge in [-0.15, -0.1) is 0 Å². The van der Waals surface area contributed by atoms with Crippen molar-refractivity contribution in [1.82, 2.24) is 15.0 Å². The maximum Gasteiger partial charge on any atom is 0.276 e. The van der Waals surface area contributed by atoms with E-state index in [9.17, 15) is 9.59 Å². The second-order valence-corrected chi connectivity index (χ2v) is 6.09. The predicted molar refractivity (Wildman–Crippen MR) is 75.7 cm³/mol. The van der Waals surface area contributed by atoms with Gasteiger partial charge in [0.25, 0.3) is 5.91 Å². The van der Waals surface area contributed by atoms with E-state index in [1.54, 1.807) is 13.0 Å². The number of likely N-dealkylation sites (tertiary alicyclic amines) is 2. The van der Waals surface area contributed by atoms with Crippen LogP contribution in [-0.4, -0.2) is 52.9 Å². The molecule has 3 heterocycles. The molecule has 0 unspecified atom stereocenters. The molecule has 1 aromatic heterocycles. The minimum atomic E-state index is -0.0662. The minimum absolute atomic E-state index is 0.0662. The van der Waals surface area contributed by atoms with Crippen molar-refractivity contribution in [2.45, 2.75) is 38.6 Å². The number of rotatable bonds is 1. The smallest absolute Gasteiger partial charge is 0.276 e. The van der Waals surface area contributed by atoms with E-state index in [2.05, 4.69) is 5.16 Å². The van der Waals surface area contributed by atoms with Crippen LogP contribution in [0.15, 0.2) is 10.6 Å². The highest BCUT2D eigenvalue weighted by atomic mass is 16.5. The van der Waals surface area contributed by atoms with E-state index in [1.807, 2.05) is 16.8 Å². The normalized spacial score (nSPS) is 26.5. The maximum absolute atomic E-state index is 12.4. The van der Waals surface area contributed by atoms with E-state index in [0.29, 0.717) is 36.9 Å². The summed E-state index contributed by atoms with van der Waals surface area (Å²) < 4.78 is 4.98. The number of carbonyl (C=O) groups excluding carboxylic acids is 2. The molecule has 0 aromatic carbocycles. The quantitative estimate of drug-likeness (QED) is 0.785. The molecule has 1 aromatic rings. The molecule has 2 fully saturated rings. The molecule has 6 nitrogen and oxygen atoms in total. The summed E-state index contributed by atoms with van der Waals surface area (Å²) >= 11 is 0. The first-order valence-electron chi connectivity index (χ1n) is 7.54. The predicted octanol–water partition coefficient (Wildman–Crippen LogP) is 1.46. The van der Waals surface area contributed by atoms with Crippen LogP contribution in [0.25, 0.3) is 0 Å². The topological polar surface area (TPSA) is 66.7 Å². The van der Waals surface area contributed by atoms with Crippen molar-refractivity contribution in [2.75, 3.05) is 20.1 Å². The highest BCUT2D eigenvalue weighted by Gasteiger charge is 2.37. The van der Waals surface area contributed by atoms with Crippen LogP contribution in [0.3, 0.4) is 0 Å². The van der Waals surface area contributed by atoms with Crippen LogP contribution >= 0.6 is 0 Å². The molecule has 2 aliphatic heterocycles. The zero-order valence-electron chi connectivity index (χ0n) is 12.5. The minimum Gasteiger partial charge on any atom is -0.361 e. The van der Waals surface area contributed by atoms with E-state index >= 15 is 0 Å². The van der Waals surface area contributed by atoms with Crippen LogP contribution in [0.5, 0.6) is 0 Å². The van der Waals surface area contributed by atoms with Gasteiger partial charge >= 0.3 is 0 Å². The monoisotopic (exact) mass is 291 g/mol. The lowest BCUT2D eigenvalue weighted by molar-refractivity contribution is -0.132. The number of aromatic nitrogens is 1. The molecule has 2 atom stereocenters. The van der Waals surface area contributed by atoms with Crippen molar-refractivity contribution in [3.8, 4) is 0 Å². The molecule has 0 aliphatic carbocycles. The van der Waals surface area contributed by atoms with Crippen LogP contribution in [0.1, 0.15) is 41.9 Å². The van der Waals surface area contributed by atoms with Gasteiger partial charge in [0.15, 0.2) is 5.69 Å². The summed E-state index contributed by atoms with van der Waals surface area (Å²) in [5.41, 5.74) is 0.379. The average molecular weight is 291 g/mol. The van der Waals surface area contributed by atoms with Gasteiger partial charge in [-0.05, 0) is 32.1 Å². The molecule has 114 valence electrons. The Kier molecular flexibility index (Phi) is 3.69. The van der Waals surface area contributed by atoms with Crippen molar-refractivity contribution in [2.24, 2.45) is 5.92 Å². The Labute approximate surface area is 124 Å². The van der Waals surface area contributed by atoms with Crippen molar-refractivity contribution in [1.29, 1.82) is 0 Å². The molecule has 6 heteroatoms. The first-order valence-corrected chi connectivity index (χ1v) is 7.54. The molecule has 2 saturated heterocycles. The van der Waals surface area contributed by atoms with E-state index in [1.165, 1.54) is 0 Å². The number of hydrogen-bond donors (Lipinski definition) is 0. The number of nitrogens with zero attached hydrogens (tertiary/aromatic N) is 3. The molecule has 0 N–H and O–H groups in total. The SMILES string of the molecule is Cc1cc(C(=O)N2CC[C@@H]3[C@@H](CCCC(=O)N3C)C2)no1. The van der Waals surface area contributed by atoms with Crippen LogP contribution in [0.4, 0.5) is 0 Å². The summed E-state index contributed by atoms with van der Waals surface area (Å²) in [5.74, 6) is 1.18. The lowest BCUT2D eigenvalue weighted by Crippen LogP contribution is -2.51. The molecular weight excluding hydrogens is 270 g/mol. The van der Waals surface area contributed by atoms with Crippen LogP contribution < -0.4 is 0 Å². The van der Waals surface area contributed by atoms with Gasteiger partial charge < -0.3 is 14.3 Å². The summed E-state index contributed by atoms with van der Waals surface area (Å²) in [5, 5.41) is 3.81. The van der Waals surface area contributed by atoms with E-state index in [4.69, 9.17) is 4.52 Å². The molecule has 0 saturated carbocycles. The van der Waals surface area contributed by atoms with Crippen molar-refractivity contribution < 1.29 is 14.1 Å². The molecule has 21 heavy (non-hydrogen) atoms. The molecule has 3 rings (SSSR count). The van der Waals surface area contributed by atoms with Gasteiger partial charge in [-0.25, -0.2) is 0 Å². The van der Waals surface area contributed by atoms with Gasteiger partial charge in [0.1, 0.15) is 5.76 Å². The third-order valence-electron chi connectivity index (χ3n) is 4.68. The number of aryl methyl sites for hydroxylation is 1. The Balaban J connectivity index is 1.72. The lowest BCUT2D eigenvalue weighted by atomic mass is 9.88. The van der Waals surface area contributed by atoms with Crippen LogP contribution in [-0.2, 0) is 4.79 Å². The Hall–Kier alpha value is -1.85. The number of piperidine rings is 1. The van der Waals surface area contributed by atoms with Crippen LogP contribution in [0.2, 0.25) is 0 Å². The fourth-order valence-corrected chi connectivity index (χ4v) is 3.50. The van der Waals surface area contributed by atoms with Crippen molar-refractivity contribution >= 4 is 11.8 Å². The second kappa shape index (κ2) is 5.50. The molecule has 0 spiro atoms. The lowest BCUT2D eigenvalue weighted by Gasteiger charge is -2.41. The van der Waals surface area contributed by atoms with E-state index in [0.717, 1.165) is 19.3 Å². The van der Waals surface area contributed by atoms with E-state index < -0.39 is 0 Å². The van der Waals surface area contributed by atoms with Gasteiger partial charge in [0.2, 0.25) is 5.91 Å². The van der Waals surface area contributed by atoms with Gasteiger partial charge in [0.05, 0.1) is 0 Å².